The molecule has 3 aromatic rings. The first kappa shape index (κ1) is 34.8. The number of hydrogen-bond acceptors (Lipinski definition) is 12. The largest absolute Gasteiger partial charge is 0.455 e. The van der Waals surface area contributed by atoms with Gasteiger partial charge in [-0.15, -0.1) is 0 Å². The summed E-state index contributed by atoms with van der Waals surface area (Å²) in [5, 5.41) is 49.8. The molecule has 3 aliphatic carbocycles. The van der Waals surface area contributed by atoms with Crippen LogP contribution in [-0.4, -0.2) is 97.5 Å². The maximum absolute atomic E-state index is 14.0. The minimum atomic E-state index is -2.37. The van der Waals surface area contributed by atoms with E-state index >= 15 is 0 Å². The van der Waals surface area contributed by atoms with E-state index in [4.69, 9.17) is 28.4 Å². The van der Waals surface area contributed by atoms with Crippen molar-refractivity contribution >= 4 is 11.9 Å². The third-order valence-electron chi connectivity index (χ3n) is 13.1. The highest BCUT2D eigenvalue weighted by Gasteiger charge is 2.95. The van der Waals surface area contributed by atoms with Crippen molar-refractivity contribution in [3.63, 3.8) is 0 Å². The number of rotatable bonds is 7. The van der Waals surface area contributed by atoms with Crippen LogP contribution >= 0.6 is 0 Å². The van der Waals surface area contributed by atoms with Crippen LogP contribution in [0.3, 0.4) is 0 Å². The fourth-order valence-electron chi connectivity index (χ4n) is 10.8. The Morgan fingerprint density at radius 2 is 1.43 bits per heavy atom. The van der Waals surface area contributed by atoms with Crippen LogP contribution in [0.25, 0.3) is 0 Å². The lowest BCUT2D eigenvalue weighted by molar-refractivity contribution is -0.443. The van der Waals surface area contributed by atoms with Gasteiger partial charge in [0.1, 0.15) is 40.7 Å². The molecule has 6 fully saturated rings. The first-order chi connectivity index (χ1) is 25.3. The molecule has 0 amide bonds. The fourth-order valence-corrected chi connectivity index (χ4v) is 10.8. The smallest absolute Gasteiger partial charge is 0.338 e. The minimum Gasteiger partial charge on any atom is -0.455 e. The molecule has 3 heterocycles. The van der Waals surface area contributed by atoms with Crippen molar-refractivity contribution < 1.29 is 58.4 Å². The summed E-state index contributed by atoms with van der Waals surface area (Å²) in [6, 6.07) is 25.4. The third kappa shape index (κ3) is 4.12. The number of aliphatic hydroxyl groups excluding tert-OH is 3. The molecule has 12 heteroatoms. The van der Waals surface area contributed by atoms with Gasteiger partial charge in [-0.3, -0.25) is 0 Å². The first-order valence-corrected chi connectivity index (χ1v) is 18.0. The van der Waals surface area contributed by atoms with E-state index in [-0.39, 0.29) is 23.1 Å². The lowest BCUT2D eigenvalue weighted by atomic mass is 9.50. The van der Waals surface area contributed by atoms with Gasteiger partial charge in [0.2, 0.25) is 0 Å². The molecule has 3 saturated carbocycles. The quantitative estimate of drug-likeness (QED) is 0.160. The number of fused-ring (bicyclic) bond motifs is 5. The van der Waals surface area contributed by atoms with Crippen LogP contribution in [0, 0.1) is 17.8 Å². The van der Waals surface area contributed by atoms with Crippen molar-refractivity contribution in [2.45, 2.75) is 91.7 Å². The Hall–Kier alpha value is -3.98. The minimum absolute atomic E-state index is 0.0843. The highest BCUT2D eigenvalue weighted by atomic mass is 16.9. The molecule has 3 bridgehead atoms. The summed E-state index contributed by atoms with van der Waals surface area (Å²) >= 11 is 0. The number of ether oxygens (including phenoxy) is 6. The predicted molar refractivity (Wildman–Crippen MR) is 184 cm³/mol. The van der Waals surface area contributed by atoms with Gasteiger partial charge >= 0.3 is 17.9 Å². The summed E-state index contributed by atoms with van der Waals surface area (Å²) in [5.41, 5.74) is -8.60. The number of aliphatic hydroxyl groups is 4. The molecule has 53 heavy (non-hydrogen) atoms. The van der Waals surface area contributed by atoms with Gasteiger partial charge in [0.05, 0.1) is 29.8 Å². The Morgan fingerprint density at radius 3 is 2.00 bits per heavy atom. The van der Waals surface area contributed by atoms with Gasteiger partial charge in [-0.25, -0.2) is 9.59 Å². The van der Waals surface area contributed by atoms with Gasteiger partial charge in [0, 0.05) is 11.5 Å². The monoisotopic (exact) mass is 726 g/mol. The summed E-state index contributed by atoms with van der Waals surface area (Å²) in [6.45, 7) is 8.63. The van der Waals surface area contributed by atoms with Crippen molar-refractivity contribution in [1.82, 2.24) is 0 Å². The SMILES string of the molecule is C=C(C)[C@@]12OC3(c4ccccc4)O[C@@]4([C@H]([C@H]1O)[C@@H]1O[C@]1(CO)[C@@H](O)[C@@]1(O)[C@H]4C[C@H](C)[C@@H]1OC(=O)c1ccccc1)[C@](C)(O3)[C@@H]2OC(=O)c1ccccc1. The summed E-state index contributed by atoms with van der Waals surface area (Å²) in [7, 11) is 0. The molecule has 9 rings (SSSR count). The Labute approximate surface area is 305 Å². The van der Waals surface area contributed by atoms with Crippen molar-refractivity contribution in [3.8, 4) is 0 Å². The molecule has 1 unspecified atom stereocenters. The zero-order valence-electron chi connectivity index (χ0n) is 29.5. The van der Waals surface area contributed by atoms with Gasteiger partial charge in [0.15, 0.2) is 11.7 Å². The number of carbonyl (C=O) groups is 2. The van der Waals surface area contributed by atoms with Crippen molar-refractivity contribution in [1.29, 1.82) is 0 Å². The van der Waals surface area contributed by atoms with Crippen LogP contribution in [0.2, 0.25) is 0 Å². The van der Waals surface area contributed by atoms with E-state index < -0.39 is 101 Å². The van der Waals surface area contributed by atoms with E-state index in [0.717, 1.165) is 0 Å². The van der Waals surface area contributed by atoms with Crippen LogP contribution in [0.4, 0.5) is 0 Å². The molecule has 3 aromatic carbocycles. The molecule has 278 valence electrons. The summed E-state index contributed by atoms with van der Waals surface area (Å²) in [4.78, 5) is 27.7. The van der Waals surface area contributed by atoms with Gasteiger partial charge < -0.3 is 48.8 Å². The van der Waals surface area contributed by atoms with Crippen LogP contribution in [0.5, 0.6) is 0 Å². The second-order valence-electron chi connectivity index (χ2n) is 15.7. The van der Waals surface area contributed by atoms with Gasteiger partial charge in [-0.1, -0.05) is 80.2 Å². The Balaban J connectivity index is 1.29. The topological polar surface area (TPSA) is 174 Å². The molecule has 3 aliphatic heterocycles. The number of carbonyl (C=O) groups excluding carboxylic acids is 2. The van der Waals surface area contributed by atoms with E-state index in [1.54, 1.807) is 112 Å². The molecule has 6 aliphatic rings. The second kappa shape index (κ2) is 11.3. The highest BCUT2D eigenvalue weighted by molar-refractivity contribution is 5.90. The molecule has 0 radical (unpaired) electrons. The van der Waals surface area contributed by atoms with E-state index in [9.17, 15) is 30.0 Å². The molecule has 4 N–H and O–H groups in total. The second-order valence-corrected chi connectivity index (χ2v) is 15.7. The number of esters is 2. The molecule has 1 spiro atoms. The third-order valence-corrected chi connectivity index (χ3v) is 13.1. The molecule has 12 nitrogen and oxygen atoms in total. The van der Waals surface area contributed by atoms with Crippen molar-refractivity contribution in [2.75, 3.05) is 6.61 Å². The summed E-state index contributed by atoms with van der Waals surface area (Å²) in [5.74, 6) is -6.50. The Kier molecular flexibility index (Phi) is 7.40. The van der Waals surface area contributed by atoms with E-state index in [1.807, 2.05) is 0 Å². The molecular formula is C41H42O12. The first-order valence-electron chi connectivity index (χ1n) is 18.0. The maximum Gasteiger partial charge on any atom is 0.338 e. The van der Waals surface area contributed by atoms with Crippen LogP contribution in [-0.2, 0) is 34.4 Å². The molecule has 0 aromatic heterocycles. The summed E-state index contributed by atoms with van der Waals surface area (Å²) < 4.78 is 40.1. The predicted octanol–water partition coefficient (Wildman–Crippen LogP) is 3.02. The average Bonchev–Trinajstić information content (AvgIpc) is 3.80. The zero-order valence-corrected chi connectivity index (χ0v) is 29.5. The standard InChI is InChI=1S/C41H42O12/c1-22(2)39-29(43)28-31-37(21-42,50-31)34(46)38(47)27(20-23(3)30(38)48-32(44)24-14-8-5-9-15-24)40(28)36(4,35(39)49-33(45)25-16-10-6-11-17-25)51-41(52-39,53-40)26-18-12-7-13-19-26/h5-19,23,27-31,34-35,42-43,46-47H,1,20-21H2,2-4H3/t23-,27+,28+,29+,30-,31-,34+,35-,36+,37-,38+,39+,40-,41?/m0/s1. The van der Waals surface area contributed by atoms with Gasteiger partial charge in [0.25, 0.3) is 0 Å². The van der Waals surface area contributed by atoms with Crippen LogP contribution in [0.1, 0.15) is 53.5 Å². The average molecular weight is 727 g/mol. The van der Waals surface area contributed by atoms with E-state index in [2.05, 4.69) is 6.58 Å². The lowest BCUT2D eigenvalue weighted by Gasteiger charge is -2.63. The fraction of sp³-hybridized carbons (Fsp3) is 0.463. The summed E-state index contributed by atoms with van der Waals surface area (Å²) in [6.07, 6.45) is -7.31. The van der Waals surface area contributed by atoms with Crippen LogP contribution in [0.15, 0.2) is 103 Å². The van der Waals surface area contributed by atoms with Gasteiger partial charge in [-0.05, 0) is 56.0 Å². The molecular weight excluding hydrogens is 684 g/mol. The highest BCUT2D eigenvalue weighted by Crippen LogP contribution is 2.77. The zero-order chi connectivity index (χ0) is 37.3. The normalized spacial score (nSPS) is 45.6. The molecule has 14 atom stereocenters. The number of epoxide rings is 1. The number of hydrogen-bond donors (Lipinski definition) is 4. The lowest BCUT2D eigenvalue weighted by Crippen LogP contribution is -2.83. The Morgan fingerprint density at radius 1 is 0.868 bits per heavy atom. The Bertz CT molecular complexity index is 1980. The molecule has 3 saturated heterocycles. The van der Waals surface area contributed by atoms with E-state index in [0.29, 0.717) is 5.56 Å². The number of benzene rings is 3. The van der Waals surface area contributed by atoms with Crippen LogP contribution < -0.4 is 0 Å². The van der Waals surface area contributed by atoms with E-state index in [1.165, 1.54) is 0 Å². The van der Waals surface area contributed by atoms with Crippen molar-refractivity contribution in [3.05, 3.63) is 120 Å². The maximum atomic E-state index is 14.0. The van der Waals surface area contributed by atoms with Crippen molar-refractivity contribution in [2.24, 2.45) is 17.8 Å². The van der Waals surface area contributed by atoms with Gasteiger partial charge in [-0.2, -0.15) is 0 Å².